The quantitative estimate of drug-likeness (QED) is 0.780. The van der Waals surface area contributed by atoms with Gasteiger partial charge in [-0.2, -0.15) is 0 Å². The largest absolute Gasteiger partial charge is 0.497 e. The van der Waals surface area contributed by atoms with E-state index in [4.69, 9.17) is 4.74 Å². The van der Waals surface area contributed by atoms with Crippen molar-refractivity contribution in [3.63, 3.8) is 0 Å². The molecule has 0 saturated heterocycles. The van der Waals surface area contributed by atoms with E-state index in [2.05, 4.69) is 29.8 Å². The number of ether oxygens (including phenoxy) is 1. The number of aryl methyl sites for hydroxylation is 4. The second kappa shape index (κ2) is 7.81. The van der Waals surface area contributed by atoms with Crippen LogP contribution in [0.2, 0.25) is 0 Å². The monoisotopic (exact) mass is 347 g/mol. The van der Waals surface area contributed by atoms with Gasteiger partial charge in [0.05, 0.1) is 12.0 Å². The number of hydrogen-bond acceptors (Lipinski definition) is 3. The minimum absolute atomic E-state index is 0.346. The van der Waals surface area contributed by atoms with Gasteiger partial charge in [-0.15, -0.1) is 0 Å². The van der Waals surface area contributed by atoms with Gasteiger partial charge < -0.3 is 4.74 Å². The summed E-state index contributed by atoms with van der Waals surface area (Å²) >= 11 is 0. The van der Waals surface area contributed by atoms with Crippen LogP contribution in [0.25, 0.3) is 0 Å². The first-order valence-electron chi connectivity index (χ1n) is 8.04. The summed E-state index contributed by atoms with van der Waals surface area (Å²) in [6.07, 6.45) is 1.61. The van der Waals surface area contributed by atoms with Gasteiger partial charge in [0.15, 0.2) is 0 Å². The molecule has 0 atom stereocenters. The maximum Gasteiger partial charge on any atom is 0.241 e. The average Bonchev–Trinajstić information content (AvgIpc) is 2.50. The molecule has 0 heterocycles. The molecule has 0 bridgehead atoms. The normalized spacial score (nSPS) is 11.5. The lowest BCUT2D eigenvalue weighted by atomic mass is 10.1. The van der Waals surface area contributed by atoms with Crippen LogP contribution >= 0.6 is 0 Å². The molecule has 2 aromatic rings. The van der Waals surface area contributed by atoms with Crippen molar-refractivity contribution >= 4 is 10.0 Å². The number of hydrogen-bond donors (Lipinski definition) is 1. The molecular formula is C19H25NO3S. The SMILES string of the molecule is COc1cc(C)c(S(=O)(=O)NCCCc2cccc(C)c2)c(C)c1. The van der Waals surface area contributed by atoms with E-state index in [-0.39, 0.29) is 0 Å². The highest BCUT2D eigenvalue weighted by molar-refractivity contribution is 7.89. The molecule has 24 heavy (non-hydrogen) atoms. The van der Waals surface area contributed by atoms with Crippen molar-refractivity contribution < 1.29 is 13.2 Å². The lowest BCUT2D eigenvalue weighted by Gasteiger charge is -2.13. The van der Waals surface area contributed by atoms with E-state index >= 15 is 0 Å². The summed E-state index contributed by atoms with van der Waals surface area (Å²) in [5.74, 6) is 0.670. The second-order valence-electron chi connectivity index (χ2n) is 6.08. The summed E-state index contributed by atoms with van der Waals surface area (Å²) in [5.41, 5.74) is 3.83. The van der Waals surface area contributed by atoms with Gasteiger partial charge in [0, 0.05) is 6.54 Å². The third-order valence-electron chi connectivity index (χ3n) is 3.96. The maximum atomic E-state index is 12.6. The van der Waals surface area contributed by atoms with E-state index in [9.17, 15) is 8.42 Å². The number of methoxy groups -OCH3 is 1. The standard InChI is InChI=1S/C19H25NO3S/c1-14-7-5-8-17(11-14)9-6-10-20-24(21,22)19-15(2)12-18(23-4)13-16(19)3/h5,7-8,11-13,20H,6,9-10H2,1-4H3. The fourth-order valence-corrected chi connectivity index (χ4v) is 4.41. The molecule has 2 aromatic carbocycles. The van der Waals surface area contributed by atoms with Crippen LogP contribution < -0.4 is 9.46 Å². The Balaban J connectivity index is 2.01. The van der Waals surface area contributed by atoms with Crippen LogP contribution in [0, 0.1) is 20.8 Å². The van der Waals surface area contributed by atoms with Crippen LogP contribution in [0.4, 0.5) is 0 Å². The van der Waals surface area contributed by atoms with Gasteiger partial charge in [0.2, 0.25) is 10.0 Å². The zero-order valence-electron chi connectivity index (χ0n) is 14.7. The Hall–Kier alpha value is -1.85. The molecule has 0 aliphatic rings. The van der Waals surface area contributed by atoms with Gasteiger partial charge in [-0.1, -0.05) is 29.8 Å². The Labute approximate surface area is 144 Å². The van der Waals surface area contributed by atoms with Crippen molar-refractivity contribution in [3.8, 4) is 5.75 Å². The summed E-state index contributed by atoms with van der Waals surface area (Å²) < 4.78 is 33.1. The fourth-order valence-electron chi connectivity index (χ4n) is 2.89. The molecule has 0 aliphatic heterocycles. The first-order valence-corrected chi connectivity index (χ1v) is 9.52. The Morgan fingerprint density at radius 2 is 1.71 bits per heavy atom. The summed E-state index contributed by atoms with van der Waals surface area (Å²) in [6, 6.07) is 11.8. The highest BCUT2D eigenvalue weighted by Crippen LogP contribution is 2.25. The zero-order chi connectivity index (χ0) is 17.7. The Bertz CT molecular complexity index is 790. The molecule has 0 aromatic heterocycles. The van der Waals surface area contributed by atoms with E-state index in [1.807, 2.05) is 6.07 Å². The van der Waals surface area contributed by atoms with E-state index < -0.39 is 10.0 Å². The minimum atomic E-state index is -3.51. The molecule has 0 fully saturated rings. The molecule has 0 saturated carbocycles. The predicted molar refractivity (Wildman–Crippen MR) is 97.2 cm³/mol. The molecule has 0 spiro atoms. The highest BCUT2D eigenvalue weighted by Gasteiger charge is 2.19. The van der Waals surface area contributed by atoms with E-state index in [1.165, 1.54) is 11.1 Å². The first kappa shape index (κ1) is 18.5. The van der Waals surface area contributed by atoms with E-state index in [1.54, 1.807) is 33.1 Å². The van der Waals surface area contributed by atoms with Gasteiger partial charge >= 0.3 is 0 Å². The molecule has 0 unspecified atom stereocenters. The Kier molecular flexibility index (Phi) is 6.02. The zero-order valence-corrected chi connectivity index (χ0v) is 15.5. The third kappa shape index (κ3) is 4.58. The van der Waals surface area contributed by atoms with Crippen molar-refractivity contribution in [1.82, 2.24) is 4.72 Å². The highest BCUT2D eigenvalue weighted by atomic mass is 32.2. The average molecular weight is 347 g/mol. The van der Waals surface area contributed by atoms with E-state index in [0.29, 0.717) is 28.3 Å². The molecule has 0 aliphatic carbocycles. The molecule has 1 N–H and O–H groups in total. The topological polar surface area (TPSA) is 55.4 Å². The van der Waals surface area contributed by atoms with Crippen LogP contribution in [0.3, 0.4) is 0 Å². The van der Waals surface area contributed by atoms with Gasteiger partial charge in [-0.3, -0.25) is 0 Å². The van der Waals surface area contributed by atoms with Crippen LogP contribution in [0.1, 0.15) is 28.7 Å². The lowest BCUT2D eigenvalue weighted by Crippen LogP contribution is -2.26. The molecule has 0 amide bonds. The Morgan fingerprint density at radius 3 is 2.29 bits per heavy atom. The van der Waals surface area contributed by atoms with Crippen LogP contribution in [0.15, 0.2) is 41.3 Å². The number of sulfonamides is 1. The number of benzene rings is 2. The molecule has 2 rings (SSSR count). The maximum absolute atomic E-state index is 12.6. The van der Waals surface area contributed by atoms with Crippen molar-refractivity contribution in [2.24, 2.45) is 0 Å². The molecule has 5 heteroatoms. The van der Waals surface area contributed by atoms with Gasteiger partial charge in [-0.05, 0) is 62.4 Å². The molecular weight excluding hydrogens is 322 g/mol. The molecule has 4 nitrogen and oxygen atoms in total. The van der Waals surface area contributed by atoms with Gasteiger partial charge in [0.1, 0.15) is 5.75 Å². The van der Waals surface area contributed by atoms with Crippen LogP contribution in [-0.4, -0.2) is 22.1 Å². The van der Waals surface area contributed by atoms with Gasteiger partial charge in [-0.25, -0.2) is 13.1 Å². The predicted octanol–water partition coefficient (Wildman–Crippen LogP) is 3.53. The second-order valence-corrected chi connectivity index (χ2v) is 7.78. The van der Waals surface area contributed by atoms with Crippen molar-refractivity contribution in [2.75, 3.05) is 13.7 Å². The fraction of sp³-hybridized carbons (Fsp3) is 0.368. The van der Waals surface area contributed by atoms with Crippen LogP contribution in [-0.2, 0) is 16.4 Å². The summed E-state index contributed by atoms with van der Waals surface area (Å²) in [6.45, 7) is 6.05. The number of rotatable bonds is 7. The Morgan fingerprint density at radius 1 is 1.04 bits per heavy atom. The summed E-state index contributed by atoms with van der Waals surface area (Å²) in [4.78, 5) is 0.346. The first-order chi connectivity index (χ1) is 11.3. The van der Waals surface area contributed by atoms with Crippen molar-refractivity contribution in [3.05, 3.63) is 58.7 Å². The summed E-state index contributed by atoms with van der Waals surface area (Å²) in [5, 5.41) is 0. The van der Waals surface area contributed by atoms with Crippen molar-refractivity contribution in [2.45, 2.75) is 38.5 Å². The van der Waals surface area contributed by atoms with Crippen LogP contribution in [0.5, 0.6) is 5.75 Å². The van der Waals surface area contributed by atoms with Crippen molar-refractivity contribution in [1.29, 1.82) is 0 Å². The minimum Gasteiger partial charge on any atom is -0.497 e. The molecule has 0 radical (unpaired) electrons. The smallest absolute Gasteiger partial charge is 0.241 e. The molecule has 130 valence electrons. The summed E-state index contributed by atoms with van der Waals surface area (Å²) in [7, 11) is -1.94. The lowest BCUT2D eigenvalue weighted by molar-refractivity contribution is 0.413. The van der Waals surface area contributed by atoms with Gasteiger partial charge in [0.25, 0.3) is 0 Å². The number of nitrogens with one attached hydrogen (secondary N) is 1. The van der Waals surface area contributed by atoms with E-state index in [0.717, 1.165) is 12.8 Å². The third-order valence-corrected chi connectivity index (χ3v) is 5.72.